The number of urea groups is 1. The van der Waals surface area contributed by atoms with Crippen molar-refractivity contribution in [2.24, 2.45) is 5.73 Å². The minimum Gasteiger partial charge on any atom is -0.492 e. The number of thiol groups is 1. The highest BCUT2D eigenvalue weighted by molar-refractivity contribution is 7.80. The van der Waals surface area contributed by atoms with Crippen molar-refractivity contribution in [3.05, 3.63) is 77.4 Å². The Bertz CT molecular complexity index is 1230. The number of carbonyl (C=O) groups is 1. The first-order valence-electron chi connectivity index (χ1n) is 11.2. The molecule has 0 saturated carbocycles. The molecule has 2 amide bonds. The molecule has 0 aliphatic carbocycles. The van der Waals surface area contributed by atoms with E-state index in [4.69, 9.17) is 15.5 Å². The molecule has 0 unspecified atom stereocenters. The summed E-state index contributed by atoms with van der Waals surface area (Å²) in [5.74, 6) is 0.737. The number of fused-ring (bicyclic) bond motifs is 1. The highest BCUT2D eigenvalue weighted by Crippen LogP contribution is 2.28. The molecule has 178 valence electrons. The van der Waals surface area contributed by atoms with Crippen molar-refractivity contribution in [1.29, 1.82) is 0 Å². The Kier molecular flexibility index (Phi) is 8.54. The normalized spacial score (nSPS) is 10.5. The number of imidazole rings is 1. The zero-order chi connectivity index (χ0) is 24.7. The Labute approximate surface area is 205 Å². The summed E-state index contributed by atoms with van der Waals surface area (Å²) in [5, 5.41) is 2.49. The lowest BCUT2D eigenvalue weighted by molar-refractivity contribution is 0.244. The fourth-order valence-electron chi connectivity index (χ4n) is 3.54. The van der Waals surface area contributed by atoms with Gasteiger partial charge in [-0.25, -0.2) is 9.78 Å². The molecule has 4 rings (SSSR count). The van der Waals surface area contributed by atoms with Crippen LogP contribution in [0.1, 0.15) is 29.6 Å². The topological polar surface area (TPSA) is 94.5 Å². The monoisotopic (exact) mass is 477 g/mol. The van der Waals surface area contributed by atoms with Crippen LogP contribution in [-0.2, 0) is 6.42 Å². The number of aryl methyl sites for hydroxylation is 4. The Hall–Kier alpha value is -3.52. The molecule has 4 aromatic rings. The van der Waals surface area contributed by atoms with Crippen molar-refractivity contribution in [3.8, 4) is 17.0 Å². The highest BCUT2D eigenvalue weighted by atomic mass is 32.1. The van der Waals surface area contributed by atoms with Crippen LogP contribution in [0.25, 0.3) is 16.9 Å². The Morgan fingerprint density at radius 3 is 2.32 bits per heavy atom. The van der Waals surface area contributed by atoms with E-state index < -0.39 is 6.03 Å². The summed E-state index contributed by atoms with van der Waals surface area (Å²) in [7, 11) is 0. The minimum atomic E-state index is -0.552. The first kappa shape index (κ1) is 25.1. The second kappa shape index (κ2) is 11.6. The molecule has 0 aliphatic rings. The van der Waals surface area contributed by atoms with Gasteiger partial charge in [0.15, 0.2) is 5.65 Å². The number of hydrogen-bond acceptors (Lipinski definition) is 5. The van der Waals surface area contributed by atoms with Crippen molar-refractivity contribution in [2.45, 2.75) is 39.0 Å². The Morgan fingerprint density at radius 2 is 1.74 bits per heavy atom. The number of ether oxygens (including phenoxy) is 1. The third kappa shape index (κ3) is 6.51. The van der Waals surface area contributed by atoms with Crippen molar-refractivity contribution in [2.75, 3.05) is 13.2 Å². The fourth-order valence-corrected chi connectivity index (χ4v) is 3.69. The molecule has 0 spiro atoms. The number of carbonyl (C=O) groups excluding carboxylic acids is 1. The van der Waals surface area contributed by atoms with E-state index in [-0.39, 0.29) is 0 Å². The number of hydrogen-bond donors (Lipinski definition) is 3. The number of amides is 2. The van der Waals surface area contributed by atoms with Gasteiger partial charge in [0.25, 0.3) is 0 Å². The van der Waals surface area contributed by atoms with Gasteiger partial charge in [0.1, 0.15) is 12.4 Å². The molecule has 0 bridgehead atoms. The number of nitrogens with zero attached hydrogens (tertiary/aromatic N) is 3. The molecule has 3 N–H and O–H groups in total. The standard InChI is InChI=1S/C19H23N5O2.C7H8S/c1-4-16-17(24-11-12(2)22-13(3)18(24)23-16)14-5-7-15(8-6-14)26-10-9-21-19(20)25;1-6-2-4-7(8)5-3-6/h5-8,11H,4,9-10H2,1-3H3,(H3,20,21,25);2-5,8H,1H3. The van der Waals surface area contributed by atoms with E-state index in [9.17, 15) is 4.79 Å². The molecule has 7 nitrogen and oxygen atoms in total. The van der Waals surface area contributed by atoms with Crippen molar-refractivity contribution < 1.29 is 9.53 Å². The van der Waals surface area contributed by atoms with E-state index in [0.717, 1.165) is 51.1 Å². The van der Waals surface area contributed by atoms with Crippen molar-refractivity contribution >= 4 is 24.3 Å². The maximum atomic E-state index is 10.6. The molecule has 0 radical (unpaired) electrons. The van der Waals surface area contributed by atoms with Crippen LogP contribution in [0.5, 0.6) is 5.75 Å². The summed E-state index contributed by atoms with van der Waals surface area (Å²) >= 11 is 4.13. The smallest absolute Gasteiger partial charge is 0.312 e. The lowest BCUT2D eigenvalue weighted by Gasteiger charge is -2.09. The van der Waals surface area contributed by atoms with Crippen LogP contribution in [0.3, 0.4) is 0 Å². The van der Waals surface area contributed by atoms with Gasteiger partial charge in [-0.3, -0.25) is 9.38 Å². The summed E-state index contributed by atoms with van der Waals surface area (Å²) < 4.78 is 7.72. The predicted octanol–water partition coefficient (Wildman–Crippen LogP) is 4.91. The molecule has 2 aromatic heterocycles. The predicted molar refractivity (Wildman–Crippen MR) is 139 cm³/mol. The van der Waals surface area contributed by atoms with E-state index in [1.807, 2.05) is 68.6 Å². The zero-order valence-electron chi connectivity index (χ0n) is 20.0. The molecule has 0 atom stereocenters. The minimum absolute atomic E-state index is 0.363. The van der Waals surface area contributed by atoms with Gasteiger partial charge in [0, 0.05) is 16.7 Å². The van der Waals surface area contributed by atoms with Gasteiger partial charge in [-0.05, 0) is 63.6 Å². The summed E-state index contributed by atoms with van der Waals surface area (Å²) in [6.07, 6.45) is 2.86. The van der Waals surface area contributed by atoms with Crippen LogP contribution in [0.2, 0.25) is 0 Å². The molecule has 0 aliphatic heterocycles. The third-order valence-corrected chi connectivity index (χ3v) is 5.43. The van der Waals surface area contributed by atoms with Gasteiger partial charge in [-0.2, -0.15) is 0 Å². The van der Waals surface area contributed by atoms with Crippen LogP contribution in [-0.4, -0.2) is 33.6 Å². The molecular formula is C26H31N5O2S. The maximum Gasteiger partial charge on any atom is 0.312 e. The number of aromatic nitrogens is 3. The van der Waals surface area contributed by atoms with Crippen molar-refractivity contribution in [1.82, 2.24) is 19.7 Å². The molecule has 2 heterocycles. The highest BCUT2D eigenvalue weighted by Gasteiger charge is 2.15. The number of benzene rings is 2. The van der Waals surface area contributed by atoms with Gasteiger partial charge in [0.2, 0.25) is 0 Å². The third-order valence-electron chi connectivity index (χ3n) is 5.13. The van der Waals surface area contributed by atoms with E-state index in [1.165, 1.54) is 5.56 Å². The van der Waals surface area contributed by atoms with E-state index in [1.54, 1.807) is 0 Å². The second-order valence-electron chi connectivity index (χ2n) is 7.92. The maximum absolute atomic E-state index is 10.6. The van der Waals surface area contributed by atoms with Gasteiger partial charge >= 0.3 is 6.03 Å². The Morgan fingerprint density at radius 1 is 1.06 bits per heavy atom. The largest absolute Gasteiger partial charge is 0.492 e. The summed E-state index contributed by atoms with van der Waals surface area (Å²) in [4.78, 5) is 20.9. The average Bonchev–Trinajstić information content (AvgIpc) is 3.18. The number of primary amides is 1. The van der Waals surface area contributed by atoms with E-state index in [0.29, 0.717) is 13.2 Å². The average molecular weight is 478 g/mol. The quantitative estimate of drug-likeness (QED) is 0.272. The van der Waals surface area contributed by atoms with Gasteiger partial charge in [0.05, 0.1) is 29.3 Å². The molecule has 8 heteroatoms. The first-order valence-corrected chi connectivity index (χ1v) is 11.6. The Balaban J connectivity index is 0.000000343. The van der Waals surface area contributed by atoms with Crippen LogP contribution in [0.15, 0.2) is 59.6 Å². The van der Waals surface area contributed by atoms with Crippen LogP contribution in [0.4, 0.5) is 4.79 Å². The molecular weight excluding hydrogens is 446 g/mol. The molecule has 0 fully saturated rings. The second-order valence-corrected chi connectivity index (χ2v) is 8.44. The van der Waals surface area contributed by atoms with Gasteiger partial charge < -0.3 is 15.8 Å². The molecule has 34 heavy (non-hydrogen) atoms. The summed E-state index contributed by atoms with van der Waals surface area (Å²) in [5.41, 5.74) is 12.3. The van der Waals surface area contributed by atoms with Gasteiger partial charge in [-0.15, -0.1) is 12.6 Å². The van der Waals surface area contributed by atoms with Gasteiger partial charge in [-0.1, -0.05) is 24.6 Å². The van der Waals surface area contributed by atoms with Crippen LogP contribution >= 0.6 is 12.6 Å². The summed E-state index contributed by atoms with van der Waals surface area (Å²) in [6, 6.07) is 15.4. The van der Waals surface area contributed by atoms with Crippen molar-refractivity contribution in [3.63, 3.8) is 0 Å². The van der Waals surface area contributed by atoms with Crippen LogP contribution in [0, 0.1) is 20.8 Å². The van der Waals surface area contributed by atoms with E-state index in [2.05, 4.69) is 41.2 Å². The lowest BCUT2D eigenvalue weighted by atomic mass is 10.1. The fraction of sp³-hybridized carbons (Fsp3) is 0.269. The van der Waals surface area contributed by atoms with E-state index >= 15 is 0 Å². The number of rotatable bonds is 6. The SMILES string of the molecule is CCc1nc2c(C)nc(C)cn2c1-c1ccc(OCCNC(N)=O)cc1.Cc1ccc(S)cc1. The lowest BCUT2D eigenvalue weighted by Crippen LogP contribution is -2.32. The first-order chi connectivity index (χ1) is 16.3. The number of nitrogens with two attached hydrogens (primary N) is 1. The molecule has 0 saturated heterocycles. The molecule has 2 aromatic carbocycles. The number of nitrogens with one attached hydrogen (secondary N) is 1. The summed E-state index contributed by atoms with van der Waals surface area (Å²) in [6.45, 7) is 8.86. The van der Waals surface area contributed by atoms with Crippen LogP contribution < -0.4 is 15.8 Å². The zero-order valence-corrected chi connectivity index (χ0v) is 20.9.